The SMILES string of the molecule is COc1ccc2nc3n(c2c1)[C@@H](CN(Cc1ccc(NC(C)=O)cc1)Cc1ccc(NC(C)=O)cc1)COC3. The molecule has 0 spiro atoms. The largest absolute Gasteiger partial charge is 0.497 e. The van der Waals surface area contributed by atoms with Gasteiger partial charge in [-0.25, -0.2) is 4.98 Å². The fourth-order valence-corrected chi connectivity index (χ4v) is 5.05. The van der Waals surface area contributed by atoms with Gasteiger partial charge in [-0.3, -0.25) is 14.5 Å². The minimum absolute atomic E-state index is 0.0585. The van der Waals surface area contributed by atoms with Crippen LogP contribution in [0.3, 0.4) is 0 Å². The van der Waals surface area contributed by atoms with Crippen LogP contribution < -0.4 is 15.4 Å². The molecule has 0 aliphatic carbocycles. The molecule has 39 heavy (non-hydrogen) atoms. The first-order valence-electron chi connectivity index (χ1n) is 13.0. The van der Waals surface area contributed by atoms with Crippen LogP contribution in [0.5, 0.6) is 5.75 Å². The van der Waals surface area contributed by atoms with E-state index >= 15 is 0 Å². The van der Waals surface area contributed by atoms with Crippen LogP contribution in [0.4, 0.5) is 11.4 Å². The predicted octanol–water partition coefficient (Wildman–Crippen LogP) is 4.74. The zero-order valence-corrected chi connectivity index (χ0v) is 22.4. The first-order valence-corrected chi connectivity index (χ1v) is 13.0. The maximum absolute atomic E-state index is 11.4. The van der Waals surface area contributed by atoms with Crippen molar-refractivity contribution in [3.8, 4) is 5.75 Å². The van der Waals surface area contributed by atoms with Gasteiger partial charge in [-0.15, -0.1) is 0 Å². The van der Waals surface area contributed by atoms with Crippen LogP contribution in [-0.2, 0) is 34.0 Å². The van der Waals surface area contributed by atoms with Gasteiger partial charge < -0.3 is 24.7 Å². The number of benzene rings is 3. The number of ether oxygens (including phenoxy) is 2. The maximum Gasteiger partial charge on any atom is 0.221 e. The fourth-order valence-electron chi connectivity index (χ4n) is 5.05. The number of amides is 2. The van der Waals surface area contributed by atoms with Crippen molar-refractivity contribution < 1.29 is 19.1 Å². The van der Waals surface area contributed by atoms with Crippen molar-refractivity contribution in [2.45, 2.75) is 39.6 Å². The number of methoxy groups -OCH3 is 1. The third-order valence-corrected chi connectivity index (χ3v) is 6.71. The van der Waals surface area contributed by atoms with E-state index in [0.717, 1.165) is 51.7 Å². The number of hydrogen-bond donors (Lipinski definition) is 2. The molecule has 9 heteroatoms. The molecule has 0 unspecified atom stereocenters. The Bertz CT molecular complexity index is 1400. The van der Waals surface area contributed by atoms with Crippen LogP contribution in [0.15, 0.2) is 66.7 Å². The van der Waals surface area contributed by atoms with E-state index in [9.17, 15) is 9.59 Å². The number of imidazole rings is 1. The normalized spacial score (nSPS) is 14.7. The quantitative estimate of drug-likeness (QED) is 0.327. The number of aromatic nitrogens is 2. The van der Waals surface area contributed by atoms with Gasteiger partial charge in [0.2, 0.25) is 11.8 Å². The molecule has 1 aromatic heterocycles. The lowest BCUT2D eigenvalue weighted by atomic mass is 10.1. The minimum atomic E-state index is -0.0932. The number of carbonyl (C=O) groups is 2. The van der Waals surface area contributed by atoms with Gasteiger partial charge >= 0.3 is 0 Å². The summed E-state index contributed by atoms with van der Waals surface area (Å²) >= 11 is 0. The second kappa shape index (κ2) is 11.7. The summed E-state index contributed by atoms with van der Waals surface area (Å²) in [6, 6.07) is 21.9. The van der Waals surface area contributed by atoms with Crippen molar-refractivity contribution >= 4 is 34.2 Å². The summed E-state index contributed by atoms with van der Waals surface area (Å²) in [5.74, 6) is 1.52. The smallest absolute Gasteiger partial charge is 0.221 e. The van der Waals surface area contributed by atoms with E-state index < -0.39 is 0 Å². The molecule has 1 atom stereocenters. The Morgan fingerprint density at radius 2 is 1.54 bits per heavy atom. The zero-order valence-electron chi connectivity index (χ0n) is 22.4. The Hall–Kier alpha value is -4.21. The molecule has 4 aromatic rings. The number of nitrogens with zero attached hydrogens (tertiary/aromatic N) is 3. The summed E-state index contributed by atoms with van der Waals surface area (Å²) in [7, 11) is 1.67. The molecular formula is C30H33N5O4. The number of nitrogens with one attached hydrogen (secondary N) is 2. The van der Waals surface area contributed by atoms with Crippen LogP contribution in [0.1, 0.15) is 36.8 Å². The molecule has 2 amide bonds. The number of anilines is 2. The van der Waals surface area contributed by atoms with Crippen molar-refractivity contribution in [1.29, 1.82) is 0 Å². The van der Waals surface area contributed by atoms with Crippen LogP contribution >= 0.6 is 0 Å². The second-order valence-corrected chi connectivity index (χ2v) is 9.85. The molecule has 0 fully saturated rings. The summed E-state index contributed by atoms with van der Waals surface area (Å²) in [6.07, 6.45) is 0. The van der Waals surface area contributed by atoms with Gasteiger partial charge in [-0.1, -0.05) is 24.3 Å². The Morgan fingerprint density at radius 3 is 2.08 bits per heavy atom. The molecule has 2 N–H and O–H groups in total. The molecule has 1 aliphatic heterocycles. The second-order valence-electron chi connectivity index (χ2n) is 9.85. The van der Waals surface area contributed by atoms with Crippen LogP contribution in [0.25, 0.3) is 11.0 Å². The van der Waals surface area contributed by atoms with Gasteiger partial charge in [0.15, 0.2) is 0 Å². The predicted molar refractivity (Wildman–Crippen MR) is 151 cm³/mol. The van der Waals surface area contributed by atoms with Crippen LogP contribution in [0, 0.1) is 0 Å². The summed E-state index contributed by atoms with van der Waals surface area (Å²) < 4.78 is 13.8. The number of fused-ring (bicyclic) bond motifs is 3. The van der Waals surface area contributed by atoms with Crippen molar-refractivity contribution in [3.63, 3.8) is 0 Å². The molecule has 1 aliphatic rings. The lowest BCUT2D eigenvalue weighted by Gasteiger charge is -2.32. The molecule has 5 rings (SSSR count). The average Bonchev–Trinajstić information content (AvgIpc) is 3.29. The number of carbonyl (C=O) groups excluding carboxylic acids is 2. The monoisotopic (exact) mass is 527 g/mol. The Balaban J connectivity index is 1.42. The van der Waals surface area contributed by atoms with E-state index in [1.54, 1.807) is 7.11 Å². The number of rotatable bonds is 9. The summed E-state index contributed by atoms with van der Waals surface area (Å²) in [6.45, 7) is 6.20. The highest BCUT2D eigenvalue weighted by Gasteiger charge is 2.26. The first-order chi connectivity index (χ1) is 18.9. The molecule has 3 aromatic carbocycles. The van der Waals surface area contributed by atoms with Crippen molar-refractivity contribution in [2.75, 3.05) is 30.9 Å². The maximum atomic E-state index is 11.4. The van der Waals surface area contributed by atoms with E-state index in [1.807, 2.05) is 66.7 Å². The van der Waals surface area contributed by atoms with Crippen molar-refractivity contribution in [3.05, 3.63) is 83.7 Å². The third-order valence-electron chi connectivity index (χ3n) is 6.71. The Morgan fingerprint density at radius 1 is 0.949 bits per heavy atom. The van der Waals surface area contributed by atoms with Gasteiger partial charge in [0.05, 0.1) is 30.8 Å². The summed E-state index contributed by atoms with van der Waals surface area (Å²) in [5.41, 5.74) is 5.78. The molecule has 202 valence electrons. The van der Waals surface area contributed by atoms with Crippen LogP contribution in [-0.4, -0.2) is 46.5 Å². The standard InChI is InChI=1S/C30H33N5O4/c1-20(36)31-24-8-4-22(5-9-24)15-34(16-23-6-10-25(11-7-23)32-21(2)37)17-26-18-39-19-30-33-28-13-12-27(38-3)14-29(28)35(26)30/h4-14,26H,15-19H2,1-3H3,(H,31,36)(H,32,37)/t26-/m0/s1. The summed E-state index contributed by atoms with van der Waals surface area (Å²) in [4.78, 5) is 30.1. The van der Waals surface area contributed by atoms with Gasteiger partial charge in [0.1, 0.15) is 18.2 Å². The molecule has 0 bridgehead atoms. The van der Waals surface area contributed by atoms with E-state index in [0.29, 0.717) is 26.3 Å². The molecule has 0 radical (unpaired) electrons. The first kappa shape index (κ1) is 26.4. The molecule has 2 heterocycles. The highest BCUT2D eigenvalue weighted by atomic mass is 16.5. The summed E-state index contributed by atoms with van der Waals surface area (Å²) in [5, 5.41) is 5.65. The van der Waals surface area contributed by atoms with Gasteiger partial charge in [0, 0.05) is 50.9 Å². The lowest BCUT2D eigenvalue weighted by molar-refractivity contribution is -0.115. The molecule has 0 saturated carbocycles. The molecular weight excluding hydrogens is 494 g/mol. The van der Waals surface area contributed by atoms with Gasteiger partial charge in [0.25, 0.3) is 0 Å². The topological polar surface area (TPSA) is 97.7 Å². The molecule has 0 saturated heterocycles. The van der Waals surface area contributed by atoms with E-state index in [-0.39, 0.29) is 17.9 Å². The fraction of sp³-hybridized carbons (Fsp3) is 0.300. The van der Waals surface area contributed by atoms with Crippen molar-refractivity contribution in [2.24, 2.45) is 0 Å². The number of hydrogen-bond acceptors (Lipinski definition) is 6. The van der Waals surface area contributed by atoms with E-state index in [2.05, 4.69) is 20.1 Å². The zero-order chi connectivity index (χ0) is 27.4. The lowest BCUT2D eigenvalue weighted by Crippen LogP contribution is -2.35. The third kappa shape index (κ3) is 6.45. The Labute approximate surface area is 227 Å². The van der Waals surface area contributed by atoms with Gasteiger partial charge in [-0.2, -0.15) is 0 Å². The average molecular weight is 528 g/mol. The van der Waals surface area contributed by atoms with E-state index in [1.165, 1.54) is 13.8 Å². The highest BCUT2D eigenvalue weighted by Crippen LogP contribution is 2.30. The highest BCUT2D eigenvalue weighted by molar-refractivity contribution is 5.89. The minimum Gasteiger partial charge on any atom is -0.497 e. The van der Waals surface area contributed by atoms with Crippen molar-refractivity contribution in [1.82, 2.24) is 14.5 Å². The van der Waals surface area contributed by atoms with Crippen LogP contribution in [0.2, 0.25) is 0 Å². The Kier molecular flexibility index (Phi) is 7.90. The van der Waals surface area contributed by atoms with E-state index in [4.69, 9.17) is 14.5 Å². The van der Waals surface area contributed by atoms with Gasteiger partial charge in [-0.05, 0) is 47.5 Å². The molecule has 9 nitrogen and oxygen atoms in total.